The van der Waals surface area contributed by atoms with Crippen LogP contribution in [0.3, 0.4) is 0 Å². The van der Waals surface area contributed by atoms with Gasteiger partial charge in [0.1, 0.15) is 5.82 Å². The van der Waals surface area contributed by atoms with Crippen LogP contribution in [0, 0.1) is 20.8 Å². The molecule has 0 saturated heterocycles. The van der Waals surface area contributed by atoms with Gasteiger partial charge in [-0.2, -0.15) is 0 Å². The molecule has 0 fully saturated rings. The van der Waals surface area contributed by atoms with Crippen molar-refractivity contribution in [2.75, 3.05) is 7.05 Å². The number of imidazole rings is 1. The maximum atomic E-state index is 4.92. The van der Waals surface area contributed by atoms with Crippen molar-refractivity contribution in [2.24, 2.45) is 0 Å². The minimum Gasteiger partial charge on any atom is -0.330 e. The fourth-order valence-electron chi connectivity index (χ4n) is 3.18. The summed E-state index contributed by atoms with van der Waals surface area (Å²) in [7, 11) is 1.98. The number of hydrogen-bond acceptors (Lipinski definition) is 2. The molecule has 0 radical (unpaired) electrons. The highest BCUT2D eigenvalue weighted by Crippen LogP contribution is 2.32. The van der Waals surface area contributed by atoms with Crippen molar-refractivity contribution in [3.05, 3.63) is 40.3 Å². The Balaban J connectivity index is 2.16. The summed E-state index contributed by atoms with van der Waals surface area (Å²) >= 11 is 0. The summed E-state index contributed by atoms with van der Waals surface area (Å²) in [6.07, 6.45) is 2.39. The van der Waals surface area contributed by atoms with Crippen LogP contribution in [0.5, 0.6) is 0 Å². The normalized spacial score (nSPS) is 13.8. The number of nitrogens with one attached hydrogen (secondary N) is 1. The lowest BCUT2D eigenvalue weighted by Gasteiger charge is -2.09. The van der Waals surface area contributed by atoms with Gasteiger partial charge in [0.05, 0.1) is 12.2 Å². The molecule has 0 spiro atoms. The number of nitrogens with zero attached hydrogens (tertiary/aromatic N) is 2. The van der Waals surface area contributed by atoms with Crippen LogP contribution >= 0.6 is 0 Å². The minimum atomic E-state index is 0.844. The molecule has 106 valence electrons. The van der Waals surface area contributed by atoms with Crippen LogP contribution in [-0.2, 0) is 19.5 Å². The summed E-state index contributed by atoms with van der Waals surface area (Å²) in [5, 5.41) is 3.23. The van der Waals surface area contributed by atoms with E-state index in [1.54, 1.807) is 0 Å². The van der Waals surface area contributed by atoms with Gasteiger partial charge in [-0.1, -0.05) is 6.07 Å². The minimum absolute atomic E-state index is 0.844. The standard InChI is InChI=1S/C17H23N3/c1-11-8-13(3)14(9-12(11)2)17-15-6-5-7-20(15)16(19-17)10-18-4/h8-9,18H,5-7,10H2,1-4H3. The summed E-state index contributed by atoms with van der Waals surface area (Å²) in [5.41, 5.74) is 7.96. The van der Waals surface area contributed by atoms with Crippen LogP contribution in [0.4, 0.5) is 0 Å². The van der Waals surface area contributed by atoms with E-state index in [1.165, 1.54) is 45.9 Å². The summed E-state index contributed by atoms with van der Waals surface area (Å²) in [6.45, 7) is 8.51. The van der Waals surface area contributed by atoms with Crippen LogP contribution in [0.1, 0.15) is 34.6 Å². The van der Waals surface area contributed by atoms with E-state index in [4.69, 9.17) is 4.98 Å². The zero-order valence-corrected chi connectivity index (χ0v) is 12.9. The lowest BCUT2D eigenvalue weighted by molar-refractivity contribution is 0.653. The SMILES string of the molecule is CNCc1nc(-c2cc(C)c(C)cc2C)c2n1CCC2. The molecule has 0 amide bonds. The molecule has 3 heteroatoms. The van der Waals surface area contributed by atoms with E-state index in [0.29, 0.717) is 0 Å². The van der Waals surface area contributed by atoms with Crippen molar-refractivity contribution in [3.8, 4) is 11.3 Å². The quantitative estimate of drug-likeness (QED) is 0.927. The molecule has 1 aliphatic rings. The third kappa shape index (κ3) is 2.06. The first-order chi connectivity index (χ1) is 9.61. The smallest absolute Gasteiger partial charge is 0.123 e. The first kappa shape index (κ1) is 13.4. The van der Waals surface area contributed by atoms with Gasteiger partial charge in [-0.25, -0.2) is 4.98 Å². The van der Waals surface area contributed by atoms with Gasteiger partial charge < -0.3 is 9.88 Å². The van der Waals surface area contributed by atoms with Gasteiger partial charge >= 0.3 is 0 Å². The van der Waals surface area contributed by atoms with Crippen LogP contribution < -0.4 is 5.32 Å². The molecule has 20 heavy (non-hydrogen) atoms. The lowest BCUT2D eigenvalue weighted by atomic mass is 9.97. The van der Waals surface area contributed by atoms with Gasteiger partial charge in [-0.05, 0) is 63.4 Å². The number of benzene rings is 1. The van der Waals surface area contributed by atoms with E-state index in [2.05, 4.69) is 42.8 Å². The van der Waals surface area contributed by atoms with Gasteiger partial charge in [-0.15, -0.1) is 0 Å². The van der Waals surface area contributed by atoms with Gasteiger partial charge in [0, 0.05) is 17.8 Å². The highest BCUT2D eigenvalue weighted by atomic mass is 15.1. The molecule has 0 atom stereocenters. The van der Waals surface area contributed by atoms with Crippen molar-refractivity contribution < 1.29 is 0 Å². The zero-order chi connectivity index (χ0) is 14.3. The van der Waals surface area contributed by atoms with Crippen LogP contribution in [0.2, 0.25) is 0 Å². The first-order valence-corrected chi connectivity index (χ1v) is 7.43. The van der Waals surface area contributed by atoms with Crippen molar-refractivity contribution >= 4 is 0 Å². The highest BCUT2D eigenvalue weighted by molar-refractivity contribution is 5.68. The molecular weight excluding hydrogens is 246 g/mol. The number of aryl methyl sites for hydroxylation is 3. The first-order valence-electron chi connectivity index (χ1n) is 7.43. The zero-order valence-electron chi connectivity index (χ0n) is 12.9. The van der Waals surface area contributed by atoms with Crippen molar-refractivity contribution in [1.82, 2.24) is 14.9 Å². The molecule has 1 N–H and O–H groups in total. The van der Waals surface area contributed by atoms with E-state index in [1.807, 2.05) is 7.05 Å². The molecule has 2 aromatic rings. The summed E-state index contributed by atoms with van der Waals surface area (Å²) in [4.78, 5) is 4.92. The Kier molecular flexibility index (Phi) is 3.38. The number of fused-ring (bicyclic) bond motifs is 1. The summed E-state index contributed by atoms with van der Waals surface area (Å²) in [6, 6.07) is 4.58. The van der Waals surface area contributed by atoms with Crippen molar-refractivity contribution in [2.45, 2.75) is 46.7 Å². The Morgan fingerprint density at radius 2 is 1.90 bits per heavy atom. The molecule has 0 aliphatic carbocycles. The Morgan fingerprint density at radius 1 is 1.15 bits per heavy atom. The van der Waals surface area contributed by atoms with Crippen LogP contribution in [0.25, 0.3) is 11.3 Å². The second kappa shape index (κ2) is 5.06. The van der Waals surface area contributed by atoms with Crippen LogP contribution in [0.15, 0.2) is 12.1 Å². The maximum Gasteiger partial charge on any atom is 0.123 e. The fourth-order valence-corrected chi connectivity index (χ4v) is 3.18. The Hall–Kier alpha value is -1.61. The number of aromatic nitrogens is 2. The molecule has 1 aliphatic heterocycles. The topological polar surface area (TPSA) is 29.9 Å². The molecule has 3 rings (SSSR count). The van der Waals surface area contributed by atoms with E-state index >= 15 is 0 Å². The molecule has 1 aromatic heterocycles. The van der Waals surface area contributed by atoms with E-state index < -0.39 is 0 Å². The largest absolute Gasteiger partial charge is 0.330 e. The monoisotopic (exact) mass is 269 g/mol. The van der Waals surface area contributed by atoms with Gasteiger partial charge in [0.15, 0.2) is 0 Å². The molecule has 2 heterocycles. The third-order valence-electron chi connectivity index (χ3n) is 4.38. The third-order valence-corrected chi connectivity index (χ3v) is 4.38. The second-order valence-electron chi connectivity index (χ2n) is 5.86. The lowest BCUT2D eigenvalue weighted by Crippen LogP contribution is -2.11. The predicted octanol–water partition coefficient (Wildman–Crippen LogP) is 3.14. The molecule has 0 bridgehead atoms. The van der Waals surface area contributed by atoms with E-state index in [-0.39, 0.29) is 0 Å². The molecule has 0 unspecified atom stereocenters. The van der Waals surface area contributed by atoms with Crippen molar-refractivity contribution in [3.63, 3.8) is 0 Å². The Bertz CT molecular complexity index is 653. The fraction of sp³-hybridized carbons (Fsp3) is 0.471. The molecule has 3 nitrogen and oxygen atoms in total. The second-order valence-corrected chi connectivity index (χ2v) is 5.86. The molecule has 0 saturated carbocycles. The van der Waals surface area contributed by atoms with Gasteiger partial charge in [-0.3, -0.25) is 0 Å². The summed E-state index contributed by atoms with van der Waals surface area (Å²) < 4.78 is 2.40. The predicted molar refractivity (Wildman–Crippen MR) is 83.0 cm³/mol. The van der Waals surface area contributed by atoms with Crippen molar-refractivity contribution in [1.29, 1.82) is 0 Å². The molecule has 1 aromatic carbocycles. The average molecular weight is 269 g/mol. The maximum absolute atomic E-state index is 4.92. The Labute approximate surface area is 121 Å². The Morgan fingerprint density at radius 3 is 2.65 bits per heavy atom. The number of rotatable bonds is 3. The molecular formula is C17H23N3. The number of hydrogen-bond donors (Lipinski definition) is 1. The average Bonchev–Trinajstić information content (AvgIpc) is 2.98. The highest BCUT2D eigenvalue weighted by Gasteiger charge is 2.22. The van der Waals surface area contributed by atoms with Gasteiger partial charge in [0.2, 0.25) is 0 Å². The van der Waals surface area contributed by atoms with E-state index in [9.17, 15) is 0 Å². The summed E-state index contributed by atoms with van der Waals surface area (Å²) in [5.74, 6) is 1.17. The van der Waals surface area contributed by atoms with Crippen LogP contribution in [-0.4, -0.2) is 16.6 Å². The van der Waals surface area contributed by atoms with Gasteiger partial charge in [0.25, 0.3) is 0 Å². The van der Waals surface area contributed by atoms with E-state index in [0.717, 1.165) is 19.5 Å².